The number of hydrogen-bond donors (Lipinski definition) is 2. The second kappa shape index (κ2) is 6.66. The lowest BCUT2D eigenvalue weighted by Gasteiger charge is -2.08. The first kappa shape index (κ1) is 14.1. The first-order valence-electron chi connectivity index (χ1n) is 5.43. The minimum absolute atomic E-state index is 0.132. The van der Waals surface area contributed by atoms with E-state index in [0.717, 1.165) is 0 Å². The van der Waals surface area contributed by atoms with Crippen LogP contribution in [0.3, 0.4) is 0 Å². The Morgan fingerprint density at radius 1 is 1.39 bits per heavy atom. The number of hydrogen-bond acceptors (Lipinski definition) is 4. The molecule has 0 aromatic heterocycles. The molecule has 1 aromatic carbocycles. The third kappa shape index (κ3) is 4.47. The predicted molar refractivity (Wildman–Crippen MR) is 66.2 cm³/mol. The Morgan fingerprint density at radius 3 is 2.44 bits per heavy atom. The highest BCUT2D eigenvalue weighted by atomic mass is 16.5. The summed E-state index contributed by atoms with van der Waals surface area (Å²) >= 11 is 0. The van der Waals surface area contributed by atoms with Gasteiger partial charge < -0.3 is 19.7 Å². The first-order chi connectivity index (χ1) is 8.52. The van der Waals surface area contributed by atoms with Gasteiger partial charge in [-0.05, 0) is 30.7 Å². The molecular formula is C13H16O5. The molecule has 0 radical (unpaired) electrons. The maximum Gasteiger partial charge on any atom is 0.371 e. The van der Waals surface area contributed by atoms with Crippen LogP contribution >= 0.6 is 0 Å². The van der Waals surface area contributed by atoms with Crippen molar-refractivity contribution in [3.63, 3.8) is 0 Å². The van der Waals surface area contributed by atoms with Crippen LogP contribution in [0.4, 0.5) is 0 Å². The molecule has 0 saturated carbocycles. The molecule has 1 rings (SSSR count). The number of methoxy groups -OCH3 is 1. The van der Waals surface area contributed by atoms with Gasteiger partial charge in [-0.2, -0.15) is 0 Å². The highest BCUT2D eigenvalue weighted by Gasteiger charge is 2.06. The van der Waals surface area contributed by atoms with Crippen molar-refractivity contribution in [3.8, 4) is 5.75 Å². The zero-order chi connectivity index (χ0) is 13.5. The molecule has 5 heteroatoms. The van der Waals surface area contributed by atoms with E-state index >= 15 is 0 Å². The molecule has 98 valence electrons. The van der Waals surface area contributed by atoms with Gasteiger partial charge in [0.1, 0.15) is 12.4 Å². The number of rotatable bonds is 6. The summed E-state index contributed by atoms with van der Waals surface area (Å²) in [6, 6.07) is 6.81. The summed E-state index contributed by atoms with van der Waals surface area (Å²) < 4.78 is 10.0. The van der Waals surface area contributed by atoms with Crippen LogP contribution < -0.4 is 4.74 Å². The molecule has 0 bridgehead atoms. The molecule has 2 N–H and O–H groups in total. The molecule has 0 fully saturated rings. The lowest BCUT2D eigenvalue weighted by molar-refractivity contribution is -0.135. The maximum atomic E-state index is 10.7. The fourth-order valence-electron chi connectivity index (χ4n) is 1.24. The third-order valence-electron chi connectivity index (χ3n) is 2.10. The van der Waals surface area contributed by atoms with E-state index in [4.69, 9.17) is 19.7 Å². The van der Waals surface area contributed by atoms with Crippen molar-refractivity contribution >= 4 is 12.0 Å². The van der Waals surface area contributed by atoms with Gasteiger partial charge in [-0.1, -0.05) is 12.1 Å². The lowest BCUT2D eigenvalue weighted by atomic mass is 10.2. The number of aliphatic hydroxyl groups is 1. The number of carbonyl (C=O) groups is 1. The highest BCUT2D eigenvalue weighted by molar-refractivity contribution is 5.89. The van der Waals surface area contributed by atoms with E-state index in [0.29, 0.717) is 11.3 Å². The van der Waals surface area contributed by atoms with Crippen molar-refractivity contribution in [3.05, 3.63) is 35.6 Å². The number of aliphatic hydroxyl groups excluding tert-OH is 1. The third-order valence-corrected chi connectivity index (χ3v) is 2.10. The van der Waals surface area contributed by atoms with Gasteiger partial charge in [-0.25, -0.2) is 4.79 Å². The van der Waals surface area contributed by atoms with Gasteiger partial charge in [0.15, 0.2) is 0 Å². The summed E-state index contributed by atoms with van der Waals surface area (Å²) in [5, 5.41) is 17.9. The first-order valence-corrected chi connectivity index (χ1v) is 5.43. The standard InChI is InChI=1S/C13H16O5/c1-9(14)8-18-11-5-3-10(4-6-11)7-12(17-2)13(15)16/h3-7,9,14H,8H2,1-2H3,(H,15,16)/b12-7-. The summed E-state index contributed by atoms with van der Waals surface area (Å²) in [4.78, 5) is 10.7. The Balaban J connectivity index is 2.73. The van der Waals surface area contributed by atoms with Crippen molar-refractivity contribution in [2.45, 2.75) is 13.0 Å². The second-order valence-corrected chi connectivity index (χ2v) is 3.75. The van der Waals surface area contributed by atoms with Crippen LogP contribution in [0.15, 0.2) is 30.0 Å². The Hall–Kier alpha value is -2.01. The van der Waals surface area contributed by atoms with E-state index in [2.05, 4.69) is 0 Å². The van der Waals surface area contributed by atoms with Crippen molar-refractivity contribution in [1.29, 1.82) is 0 Å². The molecule has 1 aromatic rings. The summed E-state index contributed by atoms with van der Waals surface area (Å²) in [5.74, 6) is -0.637. The van der Waals surface area contributed by atoms with Crippen LogP contribution in [0.5, 0.6) is 5.75 Å². The SMILES string of the molecule is CO/C(=C\c1ccc(OCC(C)O)cc1)C(=O)O. The highest BCUT2D eigenvalue weighted by Crippen LogP contribution is 2.15. The molecule has 0 spiro atoms. The van der Waals surface area contributed by atoms with Gasteiger partial charge >= 0.3 is 5.97 Å². The van der Waals surface area contributed by atoms with Gasteiger partial charge in [0, 0.05) is 0 Å². The Labute approximate surface area is 105 Å². The van der Waals surface area contributed by atoms with Crippen molar-refractivity contribution < 1.29 is 24.5 Å². The van der Waals surface area contributed by atoms with Gasteiger partial charge in [0.05, 0.1) is 13.2 Å². The Morgan fingerprint density at radius 2 is 2.00 bits per heavy atom. The molecule has 1 unspecified atom stereocenters. The summed E-state index contributed by atoms with van der Waals surface area (Å²) in [7, 11) is 1.31. The number of benzene rings is 1. The second-order valence-electron chi connectivity index (χ2n) is 3.75. The van der Waals surface area contributed by atoms with Gasteiger partial charge in [-0.3, -0.25) is 0 Å². The smallest absolute Gasteiger partial charge is 0.371 e. The van der Waals surface area contributed by atoms with E-state index in [1.165, 1.54) is 13.2 Å². The molecule has 18 heavy (non-hydrogen) atoms. The fourth-order valence-corrected chi connectivity index (χ4v) is 1.24. The lowest BCUT2D eigenvalue weighted by Crippen LogP contribution is -2.12. The molecule has 1 atom stereocenters. The molecule has 0 aliphatic heterocycles. The number of ether oxygens (including phenoxy) is 2. The molecule has 0 aliphatic rings. The van der Waals surface area contributed by atoms with Gasteiger partial charge in [0.2, 0.25) is 5.76 Å². The van der Waals surface area contributed by atoms with E-state index in [-0.39, 0.29) is 12.4 Å². The molecule has 0 saturated heterocycles. The van der Waals surface area contributed by atoms with E-state index in [9.17, 15) is 4.79 Å². The van der Waals surface area contributed by atoms with Crippen LogP contribution in [-0.2, 0) is 9.53 Å². The summed E-state index contributed by atoms with van der Waals surface area (Å²) in [6.45, 7) is 1.85. The Bertz CT molecular complexity index is 420. The van der Waals surface area contributed by atoms with Crippen molar-refractivity contribution in [1.82, 2.24) is 0 Å². The van der Waals surface area contributed by atoms with Crippen LogP contribution in [0.1, 0.15) is 12.5 Å². The van der Waals surface area contributed by atoms with Crippen molar-refractivity contribution in [2.75, 3.05) is 13.7 Å². The number of aliphatic carboxylic acids is 1. The monoisotopic (exact) mass is 252 g/mol. The zero-order valence-electron chi connectivity index (χ0n) is 10.3. The topological polar surface area (TPSA) is 76.0 Å². The molecule has 0 amide bonds. The summed E-state index contributed by atoms with van der Waals surface area (Å²) in [5.41, 5.74) is 0.693. The van der Waals surface area contributed by atoms with E-state index in [1.807, 2.05) is 0 Å². The normalized spacial score (nSPS) is 12.9. The largest absolute Gasteiger partial charge is 0.491 e. The minimum Gasteiger partial charge on any atom is -0.491 e. The van der Waals surface area contributed by atoms with Crippen LogP contribution in [-0.4, -0.2) is 36.0 Å². The number of carboxylic acids is 1. The molecule has 0 heterocycles. The van der Waals surface area contributed by atoms with Crippen molar-refractivity contribution in [2.24, 2.45) is 0 Å². The van der Waals surface area contributed by atoms with Crippen LogP contribution in [0.25, 0.3) is 6.08 Å². The zero-order valence-corrected chi connectivity index (χ0v) is 10.3. The van der Waals surface area contributed by atoms with E-state index < -0.39 is 12.1 Å². The average Bonchev–Trinajstić information content (AvgIpc) is 2.34. The maximum absolute atomic E-state index is 10.7. The van der Waals surface area contributed by atoms with Gasteiger partial charge in [0.25, 0.3) is 0 Å². The summed E-state index contributed by atoms with van der Waals surface area (Å²) in [6.07, 6.45) is 0.887. The fraction of sp³-hybridized carbons (Fsp3) is 0.308. The van der Waals surface area contributed by atoms with Crippen LogP contribution in [0.2, 0.25) is 0 Å². The predicted octanol–water partition coefficient (Wildman–Crippen LogP) is 1.52. The molecule has 5 nitrogen and oxygen atoms in total. The quantitative estimate of drug-likeness (QED) is 0.593. The minimum atomic E-state index is -1.12. The van der Waals surface area contributed by atoms with Crippen LogP contribution in [0, 0.1) is 0 Å². The Kier molecular flexibility index (Phi) is 5.20. The van der Waals surface area contributed by atoms with Gasteiger partial charge in [-0.15, -0.1) is 0 Å². The number of carboxylic acid groups (broad SMARTS) is 1. The average molecular weight is 252 g/mol. The molecule has 0 aliphatic carbocycles. The van der Waals surface area contributed by atoms with E-state index in [1.54, 1.807) is 31.2 Å². The molecular weight excluding hydrogens is 236 g/mol.